The van der Waals surface area contributed by atoms with E-state index in [4.69, 9.17) is 4.42 Å². The molecule has 0 saturated carbocycles. The molecule has 6 heteroatoms. The van der Waals surface area contributed by atoms with Gasteiger partial charge >= 0.3 is 0 Å². The normalized spacial score (nSPS) is 18.4. The number of carbonyl (C=O) groups is 1. The van der Waals surface area contributed by atoms with E-state index in [1.807, 2.05) is 23.9 Å². The Morgan fingerprint density at radius 2 is 2.41 bits per heavy atom. The van der Waals surface area contributed by atoms with Gasteiger partial charge in [-0.15, -0.1) is 0 Å². The van der Waals surface area contributed by atoms with E-state index in [1.54, 1.807) is 24.3 Å². The van der Waals surface area contributed by atoms with E-state index < -0.39 is 0 Å². The number of hydrogen-bond donors (Lipinski definition) is 1. The second kappa shape index (κ2) is 6.36. The van der Waals surface area contributed by atoms with Crippen molar-refractivity contribution >= 4 is 5.91 Å². The smallest absolute Gasteiger partial charge is 0.274 e. The first-order chi connectivity index (χ1) is 10.6. The number of nitrogens with zero attached hydrogens (tertiary/aromatic N) is 3. The first-order valence-electron chi connectivity index (χ1n) is 7.69. The van der Waals surface area contributed by atoms with Gasteiger partial charge in [0.25, 0.3) is 5.91 Å². The molecule has 1 atom stereocenters. The van der Waals surface area contributed by atoms with Crippen LogP contribution in [0.3, 0.4) is 0 Å². The lowest BCUT2D eigenvalue weighted by Crippen LogP contribution is -2.32. The van der Waals surface area contributed by atoms with Gasteiger partial charge in [-0.1, -0.05) is 0 Å². The van der Waals surface area contributed by atoms with Crippen molar-refractivity contribution < 1.29 is 9.21 Å². The fourth-order valence-electron chi connectivity index (χ4n) is 2.81. The molecule has 6 nitrogen and oxygen atoms in total. The Morgan fingerprint density at radius 1 is 1.55 bits per heavy atom. The third kappa shape index (κ3) is 3.06. The van der Waals surface area contributed by atoms with E-state index >= 15 is 0 Å². The maximum Gasteiger partial charge on any atom is 0.274 e. The van der Waals surface area contributed by atoms with E-state index in [-0.39, 0.29) is 5.91 Å². The summed E-state index contributed by atoms with van der Waals surface area (Å²) in [5.41, 5.74) is 1.51. The van der Waals surface area contributed by atoms with Gasteiger partial charge in [-0.25, -0.2) is 0 Å². The molecule has 0 radical (unpaired) electrons. The van der Waals surface area contributed by atoms with Crippen molar-refractivity contribution in [2.24, 2.45) is 0 Å². The minimum Gasteiger partial charge on any atom is -0.469 e. The molecule has 0 spiro atoms. The highest BCUT2D eigenvalue weighted by atomic mass is 16.3. The lowest BCUT2D eigenvalue weighted by Gasteiger charge is -2.23. The Bertz CT molecular complexity index is 640. The molecule has 118 valence electrons. The summed E-state index contributed by atoms with van der Waals surface area (Å²) >= 11 is 0. The average molecular weight is 302 g/mol. The SMILES string of the molecule is Cc1occc1CN(C)C(=O)c1ccn(C2CCCNC2)n1. The highest BCUT2D eigenvalue weighted by Crippen LogP contribution is 2.17. The van der Waals surface area contributed by atoms with Crippen LogP contribution >= 0.6 is 0 Å². The monoisotopic (exact) mass is 302 g/mol. The van der Waals surface area contributed by atoms with E-state index in [0.717, 1.165) is 37.3 Å². The van der Waals surface area contributed by atoms with Gasteiger partial charge in [-0.3, -0.25) is 9.48 Å². The lowest BCUT2D eigenvalue weighted by molar-refractivity contribution is 0.0777. The molecule has 1 aliphatic heterocycles. The molecule has 1 amide bonds. The summed E-state index contributed by atoms with van der Waals surface area (Å²) in [6.45, 7) is 4.41. The molecular weight excluding hydrogens is 280 g/mol. The number of amides is 1. The zero-order valence-corrected chi connectivity index (χ0v) is 13.1. The van der Waals surface area contributed by atoms with Gasteiger partial charge in [-0.05, 0) is 38.4 Å². The van der Waals surface area contributed by atoms with Crippen LogP contribution in [0.2, 0.25) is 0 Å². The van der Waals surface area contributed by atoms with Crippen molar-refractivity contribution in [2.45, 2.75) is 32.4 Å². The van der Waals surface area contributed by atoms with Gasteiger partial charge in [0.15, 0.2) is 0 Å². The predicted molar refractivity (Wildman–Crippen MR) is 82.6 cm³/mol. The summed E-state index contributed by atoms with van der Waals surface area (Å²) in [6, 6.07) is 4.04. The van der Waals surface area contributed by atoms with Gasteiger partial charge in [0, 0.05) is 31.9 Å². The van der Waals surface area contributed by atoms with Gasteiger partial charge in [-0.2, -0.15) is 5.10 Å². The summed E-state index contributed by atoms with van der Waals surface area (Å²) in [4.78, 5) is 14.2. The standard InChI is InChI=1S/C16H22N4O2/c1-12-13(6-9-22-12)11-19(2)16(21)15-5-8-20(18-15)14-4-3-7-17-10-14/h5-6,8-9,14,17H,3-4,7,10-11H2,1-2H3. The number of aryl methyl sites for hydroxylation is 1. The van der Waals surface area contributed by atoms with E-state index in [2.05, 4.69) is 10.4 Å². The average Bonchev–Trinajstić information content (AvgIpc) is 3.17. The highest BCUT2D eigenvalue weighted by molar-refractivity contribution is 5.91. The van der Waals surface area contributed by atoms with Crippen molar-refractivity contribution in [3.8, 4) is 0 Å². The molecule has 0 bridgehead atoms. The van der Waals surface area contributed by atoms with Crippen molar-refractivity contribution in [3.63, 3.8) is 0 Å². The van der Waals surface area contributed by atoms with Crippen LogP contribution in [0.5, 0.6) is 0 Å². The van der Waals surface area contributed by atoms with E-state index in [9.17, 15) is 4.79 Å². The fraction of sp³-hybridized carbons (Fsp3) is 0.500. The second-order valence-corrected chi connectivity index (χ2v) is 5.84. The Kier molecular flexibility index (Phi) is 4.29. The van der Waals surface area contributed by atoms with Crippen LogP contribution in [-0.2, 0) is 6.54 Å². The summed E-state index contributed by atoms with van der Waals surface area (Å²) in [6.07, 6.45) is 5.80. The summed E-state index contributed by atoms with van der Waals surface area (Å²) in [7, 11) is 1.79. The molecule has 1 saturated heterocycles. The minimum atomic E-state index is -0.0666. The minimum absolute atomic E-state index is 0.0666. The van der Waals surface area contributed by atoms with E-state index in [1.165, 1.54) is 0 Å². The van der Waals surface area contributed by atoms with Gasteiger partial charge in [0.2, 0.25) is 0 Å². The first kappa shape index (κ1) is 14.8. The van der Waals surface area contributed by atoms with Crippen molar-refractivity contribution in [3.05, 3.63) is 41.6 Å². The molecule has 1 unspecified atom stereocenters. The number of furan rings is 1. The number of piperidine rings is 1. The number of aromatic nitrogens is 2. The number of hydrogen-bond acceptors (Lipinski definition) is 4. The second-order valence-electron chi connectivity index (χ2n) is 5.84. The Labute approximate surface area is 130 Å². The highest BCUT2D eigenvalue weighted by Gasteiger charge is 2.20. The first-order valence-corrected chi connectivity index (χ1v) is 7.69. The topological polar surface area (TPSA) is 63.3 Å². The number of rotatable bonds is 4. The Hall–Kier alpha value is -2.08. The van der Waals surface area contributed by atoms with Crippen LogP contribution in [0.15, 0.2) is 29.0 Å². The lowest BCUT2D eigenvalue weighted by atomic mass is 10.1. The van der Waals surface area contributed by atoms with Crippen LogP contribution < -0.4 is 5.32 Å². The number of carbonyl (C=O) groups excluding carboxylic acids is 1. The van der Waals surface area contributed by atoms with Crippen LogP contribution in [0.25, 0.3) is 0 Å². The number of nitrogens with one attached hydrogen (secondary N) is 1. The van der Waals surface area contributed by atoms with Crippen molar-refractivity contribution in [1.29, 1.82) is 0 Å². The Morgan fingerprint density at radius 3 is 3.09 bits per heavy atom. The van der Waals surface area contributed by atoms with Crippen LogP contribution in [0, 0.1) is 6.92 Å². The molecule has 0 aromatic carbocycles. The van der Waals surface area contributed by atoms with E-state index in [0.29, 0.717) is 18.3 Å². The third-order valence-corrected chi connectivity index (χ3v) is 4.19. The molecule has 3 heterocycles. The molecule has 1 aliphatic rings. The summed E-state index contributed by atoms with van der Waals surface area (Å²) < 4.78 is 7.18. The van der Waals surface area contributed by atoms with Gasteiger partial charge < -0.3 is 14.6 Å². The van der Waals surface area contributed by atoms with Crippen LogP contribution in [-0.4, -0.2) is 40.7 Å². The van der Waals surface area contributed by atoms with Crippen molar-refractivity contribution in [2.75, 3.05) is 20.1 Å². The zero-order valence-electron chi connectivity index (χ0n) is 13.1. The maximum atomic E-state index is 12.5. The molecule has 2 aromatic heterocycles. The molecule has 1 fully saturated rings. The van der Waals surface area contributed by atoms with Crippen LogP contribution in [0.1, 0.15) is 40.7 Å². The molecule has 22 heavy (non-hydrogen) atoms. The largest absolute Gasteiger partial charge is 0.469 e. The predicted octanol–water partition coefficient (Wildman–Crippen LogP) is 1.98. The van der Waals surface area contributed by atoms with Gasteiger partial charge in [0.05, 0.1) is 12.3 Å². The quantitative estimate of drug-likeness (QED) is 0.938. The molecule has 2 aromatic rings. The fourth-order valence-corrected chi connectivity index (χ4v) is 2.81. The third-order valence-electron chi connectivity index (χ3n) is 4.19. The molecule has 1 N–H and O–H groups in total. The summed E-state index contributed by atoms with van der Waals surface area (Å²) in [5.74, 6) is 0.779. The Balaban J connectivity index is 1.67. The molecule has 0 aliphatic carbocycles. The molecule has 3 rings (SSSR count). The van der Waals surface area contributed by atoms with Crippen molar-refractivity contribution in [1.82, 2.24) is 20.0 Å². The van der Waals surface area contributed by atoms with Gasteiger partial charge in [0.1, 0.15) is 11.5 Å². The summed E-state index contributed by atoms with van der Waals surface area (Å²) in [5, 5.41) is 7.83. The van der Waals surface area contributed by atoms with Crippen LogP contribution in [0.4, 0.5) is 0 Å². The molecular formula is C16H22N4O2. The zero-order chi connectivity index (χ0) is 15.5. The maximum absolute atomic E-state index is 12.5.